The molecule has 4 N–H and O–H groups in total. The van der Waals surface area contributed by atoms with Crippen LogP contribution in [0.3, 0.4) is 0 Å². The molecule has 0 saturated heterocycles. The van der Waals surface area contributed by atoms with E-state index in [1.54, 1.807) is 0 Å². The first kappa shape index (κ1) is 16.7. The Bertz CT molecular complexity index is 481. The number of hydrogen-bond donors (Lipinski definition) is 3. The maximum absolute atomic E-state index is 10.2. The van der Waals surface area contributed by atoms with Crippen LogP contribution in [0.5, 0.6) is 0 Å². The second-order valence-electron chi connectivity index (χ2n) is 5.36. The van der Waals surface area contributed by atoms with Crippen molar-refractivity contribution in [3.8, 4) is 11.8 Å². The Morgan fingerprint density at radius 1 is 1.30 bits per heavy atom. The lowest BCUT2D eigenvalue weighted by atomic mass is 9.96. The molecule has 0 saturated carbocycles. The molecule has 1 aromatic carbocycles. The average Bonchev–Trinajstić information content (AvgIpc) is 2.45. The fraction of sp³-hybridized carbons (Fsp3) is 0.529. The van der Waals surface area contributed by atoms with E-state index >= 15 is 0 Å². The highest BCUT2D eigenvalue weighted by atomic mass is 16.3. The average molecular weight is 275 g/mol. The molecule has 0 bridgehead atoms. The number of benzene rings is 1. The largest absolute Gasteiger partial charge is 0.379 e. The van der Waals surface area contributed by atoms with Crippen molar-refractivity contribution < 1.29 is 10.2 Å². The van der Waals surface area contributed by atoms with E-state index in [-0.39, 0.29) is 5.92 Å². The first-order chi connectivity index (χ1) is 9.40. The van der Waals surface area contributed by atoms with E-state index in [0.29, 0.717) is 19.3 Å². The van der Waals surface area contributed by atoms with E-state index in [2.05, 4.69) is 11.8 Å². The van der Waals surface area contributed by atoms with E-state index in [9.17, 15) is 10.2 Å². The quantitative estimate of drug-likeness (QED) is 0.569. The van der Waals surface area contributed by atoms with E-state index in [1.807, 2.05) is 45.0 Å². The van der Waals surface area contributed by atoms with Gasteiger partial charge in [-0.15, -0.1) is 0 Å². The Morgan fingerprint density at radius 2 is 1.95 bits per heavy atom. The maximum Gasteiger partial charge on any atom is 0.125 e. The van der Waals surface area contributed by atoms with Crippen molar-refractivity contribution in [3.63, 3.8) is 0 Å². The minimum absolute atomic E-state index is 0.00132. The van der Waals surface area contributed by atoms with Crippen molar-refractivity contribution in [2.24, 2.45) is 11.7 Å². The molecular formula is C17H25NO2. The van der Waals surface area contributed by atoms with Gasteiger partial charge in [-0.25, -0.2) is 0 Å². The maximum atomic E-state index is 10.2. The van der Waals surface area contributed by atoms with Crippen LogP contribution in [0.25, 0.3) is 0 Å². The van der Waals surface area contributed by atoms with Gasteiger partial charge in [0.25, 0.3) is 0 Å². The van der Waals surface area contributed by atoms with Crippen molar-refractivity contribution in [2.75, 3.05) is 0 Å². The molecule has 0 radical (unpaired) electrons. The molecule has 20 heavy (non-hydrogen) atoms. The Kier molecular flexibility index (Phi) is 6.22. The topological polar surface area (TPSA) is 66.5 Å². The lowest BCUT2D eigenvalue weighted by Gasteiger charge is -2.17. The summed E-state index contributed by atoms with van der Waals surface area (Å²) in [6.07, 6.45) is 1.13. The van der Waals surface area contributed by atoms with Gasteiger partial charge in [0.15, 0.2) is 0 Å². The molecule has 0 spiro atoms. The van der Waals surface area contributed by atoms with Crippen LogP contribution in [0.1, 0.15) is 44.7 Å². The zero-order chi connectivity index (χ0) is 15.2. The van der Waals surface area contributed by atoms with Crippen molar-refractivity contribution >= 4 is 0 Å². The molecule has 0 aliphatic carbocycles. The lowest BCUT2D eigenvalue weighted by molar-refractivity contribution is 0.0931. The number of nitrogens with two attached hydrogens (primary N) is 1. The Morgan fingerprint density at radius 3 is 2.50 bits per heavy atom. The van der Waals surface area contributed by atoms with Crippen LogP contribution >= 0.6 is 0 Å². The summed E-state index contributed by atoms with van der Waals surface area (Å²) in [7, 11) is 0. The number of rotatable bonds is 5. The van der Waals surface area contributed by atoms with Gasteiger partial charge in [-0.1, -0.05) is 44.7 Å². The molecule has 0 fully saturated rings. The fourth-order valence-electron chi connectivity index (χ4n) is 1.88. The monoisotopic (exact) mass is 275 g/mol. The SMILES string of the molecule is CCC(O)(C#Cc1cccc(CC(C)C(N)O)c1)CC. The molecule has 0 aliphatic rings. The molecule has 0 aliphatic heterocycles. The highest BCUT2D eigenvalue weighted by molar-refractivity contribution is 5.39. The van der Waals surface area contributed by atoms with E-state index < -0.39 is 11.8 Å². The van der Waals surface area contributed by atoms with Gasteiger partial charge in [-0.3, -0.25) is 0 Å². The molecule has 1 aromatic rings. The second-order valence-corrected chi connectivity index (χ2v) is 5.36. The zero-order valence-corrected chi connectivity index (χ0v) is 12.6. The number of aliphatic hydroxyl groups is 2. The van der Waals surface area contributed by atoms with Gasteiger partial charge >= 0.3 is 0 Å². The van der Waals surface area contributed by atoms with Crippen LogP contribution < -0.4 is 5.73 Å². The van der Waals surface area contributed by atoms with Crippen molar-refractivity contribution in [1.82, 2.24) is 0 Å². The third-order valence-electron chi connectivity index (χ3n) is 3.68. The number of aliphatic hydroxyl groups excluding tert-OH is 1. The van der Waals surface area contributed by atoms with Gasteiger partial charge in [0.05, 0.1) is 0 Å². The second kappa shape index (κ2) is 7.44. The van der Waals surface area contributed by atoms with Gasteiger partial charge in [-0.2, -0.15) is 0 Å². The van der Waals surface area contributed by atoms with Crippen LogP contribution in [0.4, 0.5) is 0 Å². The smallest absolute Gasteiger partial charge is 0.125 e. The van der Waals surface area contributed by atoms with Crippen LogP contribution in [0.2, 0.25) is 0 Å². The molecule has 1 rings (SSSR count). The highest BCUT2D eigenvalue weighted by Crippen LogP contribution is 2.15. The summed E-state index contributed by atoms with van der Waals surface area (Å²) in [6, 6.07) is 7.84. The first-order valence-electron chi connectivity index (χ1n) is 7.18. The Balaban J connectivity index is 2.87. The highest BCUT2D eigenvalue weighted by Gasteiger charge is 2.18. The predicted molar refractivity (Wildman–Crippen MR) is 81.9 cm³/mol. The Labute approximate surface area is 121 Å². The van der Waals surface area contributed by atoms with Gasteiger partial charge in [-0.05, 0) is 42.9 Å². The van der Waals surface area contributed by atoms with Gasteiger partial charge in [0, 0.05) is 5.56 Å². The summed E-state index contributed by atoms with van der Waals surface area (Å²) in [5.41, 5.74) is 6.53. The summed E-state index contributed by atoms with van der Waals surface area (Å²) in [5.74, 6) is 5.98. The molecular weight excluding hydrogens is 250 g/mol. The molecule has 2 unspecified atom stereocenters. The van der Waals surface area contributed by atoms with Crippen molar-refractivity contribution in [2.45, 2.75) is 51.9 Å². The van der Waals surface area contributed by atoms with E-state index in [4.69, 9.17) is 5.73 Å². The standard InChI is InChI=1S/C17H25NO2/c1-4-17(20,5-2)10-9-14-7-6-8-15(12-14)11-13(3)16(18)19/h6-8,12-13,16,19-20H,4-5,11,18H2,1-3H3. The van der Waals surface area contributed by atoms with E-state index in [0.717, 1.165) is 11.1 Å². The molecule has 110 valence electrons. The molecule has 3 nitrogen and oxygen atoms in total. The first-order valence-corrected chi connectivity index (χ1v) is 7.18. The summed E-state index contributed by atoms with van der Waals surface area (Å²) in [4.78, 5) is 0. The van der Waals surface area contributed by atoms with Crippen LogP contribution in [0, 0.1) is 17.8 Å². The minimum atomic E-state index is -0.906. The predicted octanol–water partition coefficient (Wildman–Crippen LogP) is 2.04. The summed E-state index contributed by atoms with van der Waals surface area (Å²) < 4.78 is 0. The minimum Gasteiger partial charge on any atom is -0.379 e. The van der Waals surface area contributed by atoms with Crippen LogP contribution in [0.15, 0.2) is 24.3 Å². The van der Waals surface area contributed by atoms with Gasteiger partial charge in [0.1, 0.15) is 11.8 Å². The third kappa shape index (κ3) is 4.97. The molecule has 0 aromatic heterocycles. The van der Waals surface area contributed by atoms with Crippen molar-refractivity contribution in [1.29, 1.82) is 0 Å². The summed E-state index contributed by atoms with van der Waals surface area (Å²) >= 11 is 0. The van der Waals surface area contributed by atoms with Gasteiger partial charge in [0.2, 0.25) is 0 Å². The Hall–Kier alpha value is -1.34. The normalized spacial score (nSPS) is 14.3. The lowest BCUT2D eigenvalue weighted by Crippen LogP contribution is -2.28. The summed E-state index contributed by atoms with van der Waals surface area (Å²) in [5, 5.41) is 19.5. The van der Waals surface area contributed by atoms with E-state index in [1.165, 1.54) is 0 Å². The van der Waals surface area contributed by atoms with Crippen LogP contribution in [-0.4, -0.2) is 22.0 Å². The summed E-state index contributed by atoms with van der Waals surface area (Å²) in [6.45, 7) is 5.77. The molecule has 0 amide bonds. The van der Waals surface area contributed by atoms with Gasteiger partial charge < -0.3 is 15.9 Å². The fourth-order valence-corrected chi connectivity index (χ4v) is 1.88. The zero-order valence-electron chi connectivity index (χ0n) is 12.6. The van der Waals surface area contributed by atoms with Crippen LogP contribution in [-0.2, 0) is 6.42 Å². The molecule has 3 heteroatoms. The molecule has 2 atom stereocenters. The number of hydrogen-bond acceptors (Lipinski definition) is 3. The molecule has 0 heterocycles. The van der Waals surface area contributed by atoms with Crippen molar-refractivity contribution in [3.05, 3.63) is 35.4 Å². The third-order valence-corrected chi connectivity index (χ3v) is 3.68.